The summed E-state index contributed by atoms with van der Waals surface area (Å²) in [5, 5.41) is 3.03. The number of rotatable bonds is 3. The van der Waals surface area contributed by atoms with Crippen molar-refractivity contribution in [3.63, 3.8) is 0 Å². The fourth-order valence-electron chi connectivity index (χ4n) is 3.71. The molecule has 2 atom stereocenters. The molecule has 0 N–H and O–H groups in total. The van der Waals surface area contributed by atoms with E-state index >= 15 is 0 Å². The molecule has 24 heavy (non-hydrogen) atoms. The highest BCUT2D eigenvalue weighted by molar-refractivity contribution is 7.09. The second kappa shape index (κ2) is 5.73. The maximum Gasteiger partial charge on any atom is 0.257 e. The van der Waals surface area contributed by atoms with Crippen molar-refractivity contribution in [2.75, 3.05) is 19.6 Å². The Bertz CT molecular complexity index is 797. The van der Waals surface area contributed by atoms with E-state index < -0.39 is 0 Å². The molecule has 2 aliphatic rings. The number of nitrogens with zero attached hydrogens (tertiary/aromatic N) is 3. The van der Waals surface area contributed by atoms with Gasteiger partial charge in [-0.15, -0.1) is 11.3 Å². The molecule has 2 aromatic rings. The maximum atomic E-state index is 12.7. The Morgan fingerprint density at radius 3 is 2.83 bits per heavy atom. The van der Waals surface area contributed by atoms with Crippen LogP contribution in [0.4, 0.5) is 0 Å². The molecule has 0 radical (unpaired) electrons. The summed E-state index contributed by atoms with van der Waals surface area (Å²) in [6.07, 6.45) is 1.53. The van der Waals surface area contributed by atoms with Crippen molar-refractivity contribution >= 4 is 23.2 Å². The van der Waals surface area contributed by atoms with E-state index in [1.54, 1.807) is 29.2 Å². The minimum absolute atomic E-state index is 0.0369. The molecule has 4 heterocycles. The number of carbonyl (C=O) groups excluding carboxylic acids is 2. The average molecular weight is 345 g/mol. The van der Waals surface area contributed by atoms with Crippen LogP contribution in [-0.2, 0) is 11.3 Å². The van der Waals surface area contributed by atoms with Crippen LogP contribution in [-0.4, -0.2) is 46.2 Å². The molecular formula is C17H19N3O3S. The van der Waals surface area contributed by atoms with Gasteiger partial charge in [-0.2, -0.15) is 0 Å². The topological polar surface area (TPSA) is 66.7 Å². The molecule has 6 nitrogen and oxygen atoms in total. The Morgan fingerprint density at radius 1 is 1.38 bits per heavy atom. The van der Waals surface area contributed by atoms with Gasteiger partial charge in [0.2, 0.25) is 5.91 Å². The van der Waals surface area contributed by atoms with Crippen LogP contribution < -0.4 is 0 Å². The summed E-state index contributed by atoms with van der Waals surface area (Å²) < 4.78 is 5.22. The van der Waals surface area contributed by atoms with Gasteiger partial charge in [-0.25, -0.2) is 4.98 Å². The minimum Gasteiger partial charge on any atom is -0.469 e. The SMILES string of the molecule is Cc1nc(CN2C[C@@H]3CN(C(=O)c4ccoc4C)C[C@@H]3C2=O)cs1. The highest BCUT2D eigenvalue weighted by Crippen LogP contribution is 2.34. The largest absolute Gasteiger partial charge is 0.469 e. The van der Waals surface area contributed by atoms with E-state index in [2.05, 4.69) is 4.98 Å². The normalized spacial score (nSPS) is 23.2. The molecule has 4 rings (SSSR count). The van der Waals surface area contributed by atoms with E-state index in [-0.39, 0.29) is 23.7 Å². The van der Waals surface area contributed by atoms with Crippen molar-refractivity contribution in [2.45, 2.75) is 20.4 Å². The van der Waals surface area contributed by atoms with Crippen LogP contribution in [0.15, 0.2) is 22.1 Å². The third-order valence-corrected chi connectivity index (χ3v) is 5.74. The lowest BCUT2D eigenvalue weighted by Gasteiger charge is -2.21. The summed E-state index contributed by atoms with van der Waals surface area (Å²) in [4.78, 5) is 33.3. The van der Waals surface area contributed by atoms with Crippen LogP contribution in [0.25, 0.3) is 0 Å². The standard InChI is InChI=1S/C17H19N3O3S/c1-10-14(3-4-23-10)16(21)20-6-12-5-19(17(22)15(12)8-20)7-13-9-24-11(2)18-13/h3-4,9,12,15H,5-8H2,1-2H3/t12-,15+/m1/s1. The molecule has 7 heteroatoms. The number of thiazole rings is 1. The molecule has 2 fully saturated rings. The van der Waals surface area contributed by atoms with E-state index in [0.717, 1.165) is 10.7 Å². The molecule has 0 aromatic carbocycles. The first-order chi connectivity index (χ1) is 11.5. The Hall–Kier alpha value is -2.15. The highest BCUT2D eigenvalue weighted by Gasteiger charge is 2.47. The van der Waals surface area contributed by atoms with Gasteiger partial charge in [0.15, 0.2) is 0 Å². The molecule has 0 bridgehead atoms. The Kier molecular flexibility index (Phi) is 3.68. The predicted octanol–water partition coefficient (Wildman–Crippen LogP) is 2.08. The van der Waals surface area contributed by atoms with Crippen LogP contribution >= 0.6 is 11.3 Å². The number of furan rings is 1. The third-order valence-electron chi connectivity index (χ3n) is 4.92. The molecular weight excluding hydrogens is 326 g/mol. The van der Waals surface area contributed by atoms with E-state index in [1.807, 2.05) is 17.2 Å². The van der Waals surface area contributed by atoms with E-state index in [0.29, 0.717) is 37.5 Å². The number of fused-ring (bicyclic) bond motifs is 1. The maximum absolute atomic E-state index is 12.7. The first-order valence-electron chi connectivity index (χ1n) is 8.06. The van der Waals surface area contributed by atoms with Crippen LogP contribution in [0.3, 0.4) is 0 Å². The lowest BCUT2D eigenvalue weighted by Crippen LogP contribution is -2.35. The summed E-state index contributed by atoms with van der Waals surface area (Å²) >= 11 is 1.60. The van der Waals surface area contributed by atoms with Gasteiger partial charge in [0, 0.05) is 30.9 Å². The van der Waals surface area contributed by atoms with Crippen molar-refractivity contribution in [3.8, 4) is 0 Å². The molecule has 0 spiro atoms. The number of likely N-dealkylation sites (tertiary alicyclic amines) is 2. The summed E-state index contributed by atoms with van der Waals surface area (Å²) in [7, 11) is 0. The van der Waals surface area contributed by atoms with E-state index in [4.69, 9.17) is 4.42 Å². The van der Waals surface area contributed by atoms with Crippen LogP contribution in [0.1, 0.15) is 26.8 Å². The number of aromatic nitrogens is 1. The van der Waals surface area contributed by atoms with E-state index in [9.17, 15) is 9.59 Å². The second-order valence-corrected chi connectivity index (χ2v) is 7.61. The van der Waals surface area contributed by atoms with Gasteiger partial charge in [-0.05, 0) is 19.9 Å². The summed E-state index contributed by atoms with van der Waals surface area (Å²) in [6.45, 7) is 6.16. The summed E-state index contributed by atoms with van der Waals surface area (Å²) in [5.74, 6) is 0.869. The zero-order valence-electron chi connectivity index (χ0n) is 13.7. The van der Waals surface area contributed by atoms with Crippen LogP contribution in [0.5, 0.6) is 0 Å². The van der Waals surface area contributed by atoms with Gasteiger partial charge < -0.3 is 14.2 Å². The molecule has 2 aliphatic heterocycles. The first-order valence-corrected chi connectivity index (χ1v) is 8.94. The number of carbonyl (C=O) groups is 2. The van der Waals surface area contributed by atoms with Gasteiger partial charge in [0.1, 0.15) is 5.76 Å². The zero-order chi connectivity index (χ0) is 16.8. The van der Waals surface area contributed by atoms with Gasteiger partial charge in [-0.3, -0.25) is 9.59 Å². The van der Waals surface area contributed by atoms with Gasteiger partial charge in [0.25, 0.3) is 5.91 Å². The molecule has 2 saturated heterocycles. The number of hydrogen-bond acceptors (Lipinski definition) is 5. The monoisotopic (exact) mass is 345 g/mol. The van der Waals surface area contributed by atoms with Crippen molar-refractivity contribution in [1.82, 2.24) is 14.8 Å². The first kappa shape index (κ1) is 15.4. The molecule has 0 saturated carbocycles. The Balaban J connectivity index is 1.43. The quantitative estimate of drug-likeness (QED) is 0.854. The molecule has 126 valence electrons. The Labute approximate surface area is 144 Å². The van der Waals surface area contributed by atoms with Crippen LogP contribution in [0, 0.1) is 25.7 Å². The molecule has 2 amide bonds. The number of hydrogen-bond donors (Lipinski definition) is 0. The molecule has 0 unspecified atom stereocenters. The van der Waals surface area contributed by atoms with Crippen LogP contribution in [0.2, 0.25) is 0 Å². The lowest BCUT2D eigenvalue weighted by atomic mass is 10.0. The average Bonchev–Trinajstić information content (AvgIpc) is 3.29. The number of amides is 2. The lowest BCUT2D eigenvalue weighted by molar-refractivity contribution is -0.131. The second-order valence-electron chi connectivity index (χ2n) is 6.54. The zero-order valence-corrected chi connectivity index (χ0v) is 14.5. The number of aryl methyl sites for hydroxylation is 2. The fourth-order valence-corrected chi connectivity index (χ4v) is 4.31. The van der Waals surface area contributed by atoms with Crippen molar-refractivity contribution < 1.29 is 14.0 Å². The summed E-state index contributed by atoms with van der Waals surface area (Å²) in [5.41, 5.74) is 1.55. The predicted molar refractivity (Wildman–Crippen MR) is 88.6 cm³/mol. The van der Waals surface area contributed by atoms with E-state index in [1.165, 1.54) is 6.26 Å². The molecule has 0 aliphatic carbocycles. The smallest absolute Gasteiger partial charge is 0.257 e. The molecule has 2 aromatic heterocycles. The van der Waals surface area contributed by atoms with Crippen molar-refractivity contribution in [2.24, 2.45) is 11.8 Å². The highest BCUT2D eigenvalue weighted by atomic mass is 32.1. The van der Waals surface area contributed by atoms with Gasteiger partial charge >= 0.3 is 0 Å². The van der Waals surface area contributed by atoms with Crippen molar-refractivity contribution in [1.29, 1.82) is 0 Å². The Morgan fingerprint density at radius 2 is 2.21 bits per heavy atom. The minimum atomic E-state index is -0.0825. The van der Waals surface area contributed by atoms with Crippen molar-refractivity contribution in [3.05, 3.63) is 39.7 Å². The summed E-state index contributed by atoms with van der Waals surface area (Å²) in [6, 6.07) is 1.70. The fraction of sp³-hybridized carbons (Fsp3) is 0.471. The van der Waals surface area contributed by atoms with Gasteiger partial charge in [-0.1, -0.05) is 0 Å². The van der Waals surface area contributed by atoms with Gasteiger partial charge in [0.05, 0.1) is 35.0 Å². The third kappa shape index (κ3) is 2.53.